The second kappa shape index (κ2) is 13.2. The van der Waals surface area contributed by atoms with Crippen LogP contribution >= 0.6 is 0 Å². The van der Waals surface area contributed by atoms with Gasteiger partial charge in [0.15, 0.2) is 0 Å². The fourth-order valence-electron chi connectivity index (χ4n) is 3.84. The van der Waals surface area contributed by atoms with Crippen LogP contribution in [0.5, 0.6) is 0 Å². The Morgan fingerprint density at radius 1 is 0.692 bits per heavy atom. The van der Waals surface area contributed by atoms with Gasteiger partial charge in [-0.15, -0.1) is 0 Å². The minimum atomic E-state index is -1.22. The molecule has 0 saturated carbocycles. The zero-order valence-electron chi connectivity index (χ0n) is 25.5. The van der Waals surface area contributed by atoms with E-state index in [4.69, 9.17) is 14.2 Å². The summed E-state index contributed by atoms with van der Waals surface area (Å²) in [6.45, 7) is 23.9. The number of fused-ring (bicyclic) bond motifs is 1. The molecule has 0 unspecified atom stereocenters. The zero-order chi connectivity index (χ0) is 28.8. The second-order valence-electron chi connectivity index (χ2n) is 14.0. The van der Waals surface area contributed by atoms with Crippen molar-refractivity contribution in [1.82, 2.24) is 24.1 Å². The summed E-state index contributed by atoms with van der Waals surface area (Å²) in [6.07, 6.45) is 7.45. The lowest BCUT2D eigenvalue weighted by atomic mass is 10.1. The van der Waals surface area contributed by atoms with Gasteiger partial charge in [0.25, 0.3) is 5.56 Å². The van der Waals surface area contributed by atoms with Crippen molar-refractivity contribution in [2.75, 3.05) is 19.8 Å². The third kappa shape index (κ3) is 10.3. The molecule has 3 heterocycles. The lowest BCUT2D eigenvalue weighted by Gasteiger charge is -2.16. The average Bonchev–Trinajstić information content (AvgIpc) is 3.42. The quantitative estimate of drug-likeness (QED) is 0.150. The van der Waals surface area contributed by atoms with Gasteiger partial charge < -0.3 is 18.8 Å². The third-order valence-corrected chi connectivity index (χ3v) is 11.6. The minimum absolute atomic E-state index is 0.140. The van der Waals surface area contributed by atoms with E-state index in [0.29, 0.717) is 32.1 Å². The molecular formula is C27H49N5O4Si3. The molecule has 0 bridgehead atoms. The SMILES string of the molecule is C[Si](C)(C)CCOCn1cc(-c2cn(COCC[Si](C)(C)C)c3cnn(COCC[Si](C)(C)C)c(=O)c23)cn1. The molecule has 0 fully saturated rings. The molecule has 0 saturated heterocycles. The highest BCUT2D eigenvalue weighted by Gasteiger charge is 2.19. The summed E-state index contributed by atoms with van der Waals surface area (Å²) < 4.78 is 22.9. The first kappa shape index (κ1) is 31.7. The first-order valence-corrected chi connectivity index (χ1v) is 25.1. The highest BCUT2D eigenvalue weighted by molar-refractivity contribution is 6.76. The molecule has 0 aliphatic carbocycles. The lowest BCUT2D eigenvalue weighted by molar-refractivity contribution is 0.0752. The van der Waals surface area contributed by atoms with Gasteiger partial charge in [-0.2, -0.15) is 10.2 Å². The summed E-state index contributed by atoms with van der Waals surface area (Å²) in [5.74, 6) is 0. The molecule has 0 aromatic carbocycles. The van der Waals surface area contributed by atoms with Gasteiger partial charge in [0.05, 0.1) is 23.3 Å². The molecule has 0 amide bonds. The van der Waals surface area contributed by atoms with Crippen molar-refractivity contribution < 1.29 is 14.2 Å². The van der Waals surface area contributed by atoms with E-state index in [2.05, 4.69) is 69.1 Å². The fraction of sp³-hybridized carbons (Fsp3) is 0.667. The van der Waals surface area contributed by atoms with Crippen molar-refractivity contribution in [2.45, 2.75) is 97.2 Å². The second-order valence-corrected chi connectivity index (χ2v) is 30.9. The standard InChI is InChI=1S/C27H49N5O4Si3/c1-37(2,3)13-10-34-20-30-19-24(23-16-28-31(18-23)21-35-11-14-38(4,5)6)26-25(30)17-29-32(27(26)33)22-36-12-15-39(7,8)9/h16-19H,10-15,20-22H2,1-9H3. The van der Waals surface area contributed by atoms with Crippen LogP contribution in [0.3, 0.4) is 0 Å². The topological polar surface area (TPSA) is 85.3 Å². The summed E-state index contributed by atoms with van der Waals surface area (Å²) in [4.78, 5) is 13.6. The summed E-state index contributed by atoms with van der Waals surface area (Å²) >= 11 is 0. The number of rotatable bonds is 16. The van der Waals surface area contributed by atoms with Crippen molar-refractivity contribution >= 4 is 35.1 Å². The number of aromatic nitrogens is 5. The molecule has 0 N–H and O–H groups in total. The van der Waals surface area contributed by atoms with Gasteiger partial charge in [-0.05, 0) is 18.1 Å². The van der Waals surface area contributed by atoms with E-state index in [9.17, 15) is 4.79 Å². The molecule has 0 radical (unpaired) electrons. The molecule has 0 spiro atoms. The molecule has 0 atom stereocenters. The van der Waals surface area contributed by atoms with Gasteiger partial charge in [-0.3, -0.25) is 4.79 Å². The van der Waals surface area contributed by atoms with Crippen molar-refractivity contribution in [2.24, 2.45) is 0 Å². The maximum atomic E-state index is 13.6. The van der Waals surface area contributed by atoms with Gasteiger partial charge in [0.1, 0.15) is 20.2 Å². The Kier molecular flexibility index (Phi) is 10.7. The number of ether oxygens (including phenoxy) is 3. The summed E-state index contributed by atoms with van der Waals surface area (Å²) in [6, 6.07) is 3.24. The molecule has 39 heavy (non-hydrogen) atoms. The van der Waals surface area contributed by atoms with E-state index in [0.717, 1.165) is 41.4 Å². The molecule has 0 aliphatic heterocycles. The Hall–Kier alpha value is -1.84. The highest BCUT2D eigenvalue weighted by Crippen LogP contribution is 2.28. The molecule has 0 aliphatic rings. The van der Waals surface area contributed by atoms with Crippen molar-refractivity contribution in [3.05, 3.63) is 35.1 Å². The molecule has 218 valence electrons. The van der Waals surface area contributed by atoms with Gasteiger partial charge in [0.2, 0.25) is 0 Å². The molecule has 3 aromatic rings. The minimum Gasteiger partial charge on any atom is -0.361 e. The summed E-state index contributed by atoms with van der Waals surface area (Å²) in [5, 5.41) is 9.54. The number of hydrogen-bond donors (Lipinski definition) is 0. The maximum absolute atomic E-state index is 13.6. The van der Waals surface area contributed by atoms with Crippen LogP contribution in [0.15, 0.2) is 29.6 Å². The third-order valence-electron chi connectivity index (χ3n) is 6.49. The number of nitrogens with zero attached hydrogens (tertiary/aromatic N) is 5. The van der Waals surface area contributed by atoms with E-state index in [1.54, 1.807) is 17.1 Å². The predicted molar refractivity (Wildman–Crippen MR) is 168 cm³/mol. The van der Waals surface area contributed by atoms with Crippen LogP contribution in [-0.4, -0.2) is 68.2 Å². The van der Waals surface area contributed by atoms with Crippen molar-refractivity contribution in [3.8, 4) is 11.1 Å². The van der Waals surface area contributed by atoms with Crippen LogP contribution in [-0.2, 0) is 34.4 Å². The molecular weight excluding hydrogens is 543 g/mol. The summed E-state index contributed by atoms with van der Waals surface area (Å²) in [7, 11) is -3.56. The predicted octanol–water partition coefficient (Wildman–Crippen LogP) is 6.00. The fourth-order valence-corrected chi connectivity index (χ4v) is 6.11. The average molecular weight is 592 g/mol. The van der Waals surface area contributed by atoms with Crippen LogP contribution in [0.1, 0.15) is 0 Å². The van der Waals surface area contributed by atoms with E-state index >= 15 is 0 Å². The van der Waals surface area contributed by atoms with E-state index in [1.165, 1.54) is 4.68 Å². The summed E-state index contributed by atoms with van der Waals surface area (Å²) in [5.41, 5.74) is 2.26. The van der Waals surface area contributed by atoms with Gasteiger partial charge in [-0.1, -0.05) is 58.9 Å². The van der Waals surface area contributed by atoms with Crippen molar-refractivity contribution in [1.29, 1.82) is 0 Å². The van der Waals surface area contributed by atoms with Crippen LogP contribution in [0, 0.1) is 0 Å². The normalized spacial score (nSPS) is 13.1. The number of hydrogen-bond acceptors (Lipinski definition) is 6. The van der Waals surface area contributed by atoms with E-state index in [1.807, 2.05) is 17.0 Å². The molecule has 3 aromatic heterocycles. The monoisotopic (exact) mass is 591 g/mol. The largest absolute Gasteiger partial charge is 0.361 e. The Bertz CT molecular complexity index is 1270. The molecule has 12 heteroatoms. The van der Waals surface area contributed by atoms with E-state index in [-0.39, 0.29) is 12.3 Å². The van der Waals surface area contributed by atoms with Crippen LogP contribution < -0.4 is 5.56 Å². The lowest BCUT2D eigenvalue weighted by Crippen LogP contribution is -2.26. The zero-order valence-corrected chi connectivity index (χ0v) is 28.5. The van der Waals surface area contributed by atoms with E-state index < -0.39 is 24.2 Å². The molecule has 3 rings (SSSR count). The smallest absolute Gasteiger partial charge is 0.279 e. The van der Waals surface area contributed by atoms with Crippen LogP contribution in [0.4, 0.5) is 0 Å². The first-order chi connectivity index (χ1) is 18.1. The van der Waals surface area contributed by atoms with Crippen molar-refractivity contribution in [3.63, 3.8) is 0 Å². The van der Waals surface area contributed by atoms with Gasteiger partial charge >= 0.3 is 0 Å². The Labute approximate surface area is 236 Å². The molecule has 9 nitrogen and oxygen atoms in total. The van der Waals surface area contributed by atoms with Gasteiger partial charge in [0, 0.05) is 67.6 Å². The maximum Gasteiger partial charge on any atom is 0.279 e. The van der Waals surface area contributed by atoms with Crippen LogP contribution in [0.25, 0.3) is 22.0 Å². The first-order valence-electron chi connectivity index (χ1n) is 14.0. The Morgan fingerprint density at radius 2 is 1.23 bits per heavy atom. The highest BCUT2D eigenvalue weighted by atomic mass is 28.3. The Balaban J connectivity index is 1.84. The van der Waals surface area contributed by atoms with Crippen LogP contribution in [0.2, 0.25) is 77.1 Å². The Morgan fingerprint density at radius 3 is 1.79 bits per heavy atom. The van der Waals surface area contributed by atoms with Gasteiger partial charge in [-0.25, -0.2) is 9.36 Å².